The first kappa shape index (κ1) is 17.5. The standard InChI is InChI=1S/C19H16BrFN2O2/c1-19(2,3)25-18(24)17-15(21)7-12(9-23-17)16-8-11-5-4-6-14(20)13(11)10-22-16/h4-10H,1-3H3. The average molecular weight is 403 g/mol. The summed E-state index contributed by atoms with van der Waals surface area (Å²) < 4.78 is 20.4. The average Bonchev–Trinajstić information content (AvgIpc) is 2.53. The number of hydrogen-bond donors (Lipinski definition) is 0. The first-order chi connectivity index (χ1) is 11.7. The molecule has 2 aromatic heterocycles. The normalized spacial score (nSPS) is 11.6. The molecule has 0 saturated heterocycles. The van der Waals surface area contributed by atoms with Gasteiger partial charge < -0.3 is 4.74 Å². The van der Waals surface area contributed by atoms with E-state index in [-0.39, 0.29) is 5.69 Å². The van der Waals surface area contributed by atoms with Crippen LogP contribution in [0.5, 0.6) is 0 Å². The summed E-state index contributed by atoms with van der Waals surface area (Å²) in [4.78, 5) is 20.3. The highest BCUT2D eigenvalue weighted by Gasteiger charge is 2.22. The van der Waals surface area contributed by atoms with E-state index in [1.165, 1.54) is 12.3 Å². The number of fused-ring (bicyclic) bond motifs is 1. The van der Waals surface area contributed by atoms with Crippen LogP contribution in [-0.4, -0.2) is 21.5 Å². The number of pyridine rings is 2. The van der Waals surface area contributed by atoms with Crippen LogP contribution in [-0.2, 0) is 4.74 Å². The Labute approximate surface area is 153 Å². The lowest BCUT2D eigenvalue weighted by atomic mass is 10.1. The molecule has 3 aromatic rings. The number of carbonyl (C=O) groups is 1. The summed E-state index contributed by atoms with van der Waals surface area (Å²) in [6.45, 7) is 5.15. The summed E-state index contributed by atoms with van der Waals surface area (Å²) in [5.74, 6) is -1.52. The second kappa shape index (κ2) is 6.52. The van der Waals surface area contributed by atoms with Crippen LogP contribution in [0.3, 0.4) is 0 Å². The minimum atomic E-state index is -0.785. The summed E-state index contributed by atoms with van der Waals surface area (Å²) in [6.07, 6.45) is 3.14. The molecule has 0 fully saturated rings. The van der Waals surface area contributed by atoms with Gasteiger partial charge in [-0.25, -0.2) is 14.2 Å². The molecule has 0 saturated carbocycles. The molecular formula is C19H16BrFN2O2. The van der Waals surface area contributed by atoms with Crippen LogP contribution in [0.25, 0.3) is 22.0 Å². The van der Waals surface area contributed by atoms with E-state index in [0.717, 1.165) is 15.2 Å². The molecule has 0 N–H and O–H groups in total. The van der Waals surface area contributed by atoms with E-state index < -0.39 is 17.4 Å². The molecule has 128 valence electrons. The van der Waals surface area contributed by atoms with Gasteiger partial charge in [0.1, 0.15) is 5.60 Å². The highest BCUT2D eigenvalue weighted by molar-refractivity contribution is 9.10. The van der Waals surface area contributed by atoms with Crippen LogP contribution in [0.4, 0.5) is 4.39 Å². The van der Waals surface area contributed by atoms with Crippen molar-refractivity contribution in [2.75, 3.05) is 0 Å². The molecule has 0 spiro atoms. The Kier molecular flexibility index (Phi) is 4.56. The van der Waals surface area contributed by atoms with Crippen LogP contribution < -0.4 is 0 Å². The maximum Gasteiger partial charge on any atom is 0.360 e. The Morgan fingerprint density at radius 3 is 2.60 bits per heavy atom. The molecule has 0 bridgehead atoms. The van der Waals surface area contributed by atoms with Crippen molar-refractivity contribution in [3.8, 4) is 11.3 Å². The van der Waals surface area contributed by atoms with E-state index in [1.54, 1.807) is 27.0 Å². The van der Waals surface area contributed by atoms with Gasteiger partial charge in [-0.1, -0.05) is 28.1 Å². The molecule has 0 amide bonds. The van der Waals surface area contributed by atoms with Crippen molar-refractivity contribution in [2.24, 2.45) is 0 Å². The monoisotopic (exact) mass is 402 g/mol. The molecule has 0 aliphatic heterocycles. The summed E-state index contributed by atoms with van der Waals surface area (Å²) in [5.41, 5.74) is 0.0265. The zero-order valence-electron chi connectivity index (χ0n) is 14.0. The number of benzene rings is 1. The second-order valence-corrected chi connectivity index (χ2v) is 7.44. The van der Waals surface area contributed by atoms with Gasteiger partial charge in [-0.3, -0.25) is 4.98 Å². The highest BCUT2D eigenvalue weighted by Crippen LogP contribution is 2.27. The zero-order chi connectivity index (χ0) is 18.2. The van der Waals surface area contributed by atoms with E-state index in [4.69, 9.17) is 4.74 Å². The molecule has 1 aromatic carbocycles. The number of esters is 1. The fourth-order valence-electron chi connectivity index (χ4n) is 2.35. The van der Waals surface area contributed by atoms with E-state index in [9.17, 15) is 9.18 Å². The summed E-state index contributed by atoms with van der Waals surface area (Å²) in [7, 11) is 0. The third-order valence-electron chi connectivity index (χ3n) is 3.44. The lowest BCUT2D eigenvalue weighted by molar-refractivity contribution is 0.00576. The molecule has 4 nitrogen and oxygen atoms in total. The van der Waals surface area contributed by atoms with Crippen LogP contribution >= 0.6 is 15.9 Å². The van der Waals surface area contributed by atoms with Gasteiger partial charge in [-0.05, 0) is 44.4 Å². The van der Waals surface area contributed by atoms with Crippen molar-refractivity contribution < 1.29 is 13.9 Å². The Bertz CT molecular complexity index is 967. The Morgan fingerprint density at radius 2 is 1.92 bits per heavy atom. The van der Waals surface area contributed by atoms with Gasteiger partial charge in [0.2, 0.25) is 0 Å². The SMILES string of the molecule is CC(C)(C)OC(=O)c1ncc(-c2cc3cccc(Br)c3cn2)cc1F. The fourth-order valence-corrected chi connectivity index (χ4v) is 2.83. The van der Waals surface area contributed by atoms with Gasteiger partial charge in [-0.15, -0.1) is 0 Å². The minimum Gasteiger partial charge on any atom is -0.455 e. The smallest absolute Gasteiger partial charge is 0.360 e. The molecule has 0 radical (unpaired) electrons. The summed E-state index contributed by atoms with van der Waals surface area (Å²) in [6, 6.07) is 8.90. The molecule has 0 aliphatic carbocycles. The highest BCUT2D eigenvalue weighted by atomic mass is 79.9. The van der Waals surface area contributed by atoms with Gasteiger partial charge in [0.15, 0.2) is 11.5 Å². The number of nitrogens with zero attached hydrogens (tertiary/aromatic N) is 2. The van der Waals surface area contributed by atoms with Crippen molar-refractivity contribution in [1.29, 1.82) is 0 Å². The lowest BCUT2D eigenvalue weighted by Gasteiger charge is -2.19. The number of aromatic nitrogens is 2. The fraction of sp³-hybridized carbons (Fsp3) is 0.211. The lowest BCUT2D eigenvalue weighted by Crippen LogP contribution is -2.25. The van der Waals surface area contributed by atoms with E-state index in [2.05, 4.69) is 25.9 Å². The molecule has 6 heteroatoms. The predicted molar refractivity (Wildman–Crippen MR) is 97.8 cm³/mol. The third-order valence-corrected chi connectivity index (χ3v) is 4.13. The molecule has 2 heterocycles. The van der Waals surface area contributed by atoms with Crippen molar-refractivity contribution in [2.45, 2.75) is 26.4 Å². The Hall–Kier alpha value is -2.34. The van der Waals surface area contributed by atoms with Gasteiger partial charge in [-0.2, -0.15) is 0 Å². The first-order valence-corrected chi connectivity index (χ1v) is 8.47. The topological polar surface area (TPSA) is 52.1 Å². The third kappa shape index (κ3) is 3.85. The Balaban J connectivity index is 1.97. The zero-order valence-corrected chi connectivity index (χ0v) is 15.6. The number of rotatable bonds is 2. The molecular weight excluding hydrogens is 387 g/mol. The van der Waals surface area contributed by atoms with Crippen LogP contribution in [0, 0.1) is 5.82 Å². The summed E-state index contributed by atoms with van der Waals surface area (Å²) in [5, 5.41) is 1.93. The molecule has 0 unspecified atom stereocenters. The van der Waals surface area contributed by atoms with Gasteiger partial charge >= 0.3 is 5.97 Å². The van der Waals surface area contributed by atoms with Crippen molar-refractivity contribution in [3.05, 3.63) is 58.7 Å². The first-order valence-electron chi connectivity index (χ1n) is 7.68. The van der Waals surface area contributed by atoms with Gasteiger partial charge in [0.05, 0.1) is 5.69 Å². The molecule has 3 rings (SSSR count). The van der Waals surface area contributed by atoms with E-state index in [1.807, 2.05) is 24.3 Å². The largest absolute Gasteiger partial charge is 0.455 e. The van der Waals surface area contributed by atoms with Gasteiger partial charge in [0, 0.05) is 27.8 Å². The number of ether oxygens (including phenoxy) is 1. The van der Waals surface area contributed by atoms with Crippen LogP contribution in [0.15, 0.2) is 47.2 Å². The van der Waals surface area contributed by atoms with Gasteiger partial charge in [0.25, 0.3) is 0 Å². The predicted octanol–water partition coefficient (Wildman–Crippen LogP) is 5.15. The number of hydrogen-bond acceptors (Lipinski definition) is 4. The summed E-state index contributed by atoms with van der Waals surface area (Å²) >= 11 is 3.47. The van der Waals surface area contributed by atoms with Crippen LogP contribution in [0.1, 0.15) is 31.3 Å². The molecule has 0 atom stereocenters. The quantitative estimate of drug-likeness (QED) is 0.555. The number of halogens is 2. The van der Waals surface area contributed by atoms with Crippen molar-refractivity contribution in [3.63, 3.8) is 0 Å². The van der Waals surface area contributed by atoms with Crippen LogP contribution in [0.2, 0.25) is 0 Å². The van der Waals surface area contributed by atoms with E-state index >= 15 is 0 Å². The minimum absolute atomic E-state index is 0.331. The maximum atomic E-state index is 14.3. The van der Waals surface area contributed by atoms with E-state index in [0.29, 0.717) is 11.3 Å². The maximum absolute atomic E-state index is 14.3. The van der Waals surface area contributed by atoms with Crippen molar-refractivity contribution in [1.82, 2.24) is 9.97 Å². The molecule has 25 heavy (non-hydrogen) atoms. The number of carbonyl (C=O) groups excluding carboxylic acids is 1. The second-order valence-electron chi connectivity index (χ2n) is 6.59. The van der Waals surface area contributed by atoms with Crippen molar-refractivity contribution >= 4 is 32.7 Å². The Morgan fingerprint density at radius 1 is 1.16 bits per heavy atom. The molecule has 0 aliphatic rings.